The second-order valence-corrected chi connectivity index (χ2v) is 5.36. The average Bonchev–Trinajstić information content (AvgIpc) is 2.82. The van der Waals surface area contributed by atoms with Crippen molar-refractivity contribution in [3.8, 4) is 11.8 Å². The van der Waals surface area contributed by atoms with Crippen molar-refractivity contribution in [1.82, 2.24) is 5.32 Å². The second kappa shape index (κ2) is 4.87. The minimum Gasteiger partial charge on any atom is -0.354 e. The summed E-state index contributed by atoms with van der Waals surface area (Å²) in [5.74, 6) is 6.30. The zero-order valence-electron chi connectivity index (χ0n) is 9.72. The van der Waals surface area contributed by atoms with E-state index >= 15 is 0 Å². The number of nitrogens with zero attached hydrogens (tertiary/aromatic N) is 1. The number of hydrogen-bond donors (Lipinski definition) is 1. The molecule has 0 spiro atoms. The quantitative estimate of drug-likeness (QED) is 0.714. The maximum absolute atomic E-state index is 11.6. The number of rotatable bonds is 0. The van der Waals surface area contributed by atoms with E-state index in [1.165, 1.54) is 11.8 Å². The maximum Gasteiger partial charge on any atom is 0.239 e. The number of benzene rings is 1. The molecule has 2 atom stereocenters. The normalized spacial score (nSPS) is 25.6. The number of nitrogens with one attached hydrogen (secondary N) is 1. The van der Waals surface area contributed by atoms with Crippen LogP contribution in [-0.4, -0.2) is 28.8 Å². The standard InChI is InChI=1S/C14H12N2OS/c17-14-13-11(8-9-15-14)16-12(18-13)7-6-10-4-2-1-3-5-10/h1-5,12-13H,8-9H2,(H,15,17). The van der Waals surface area contributed by atoms with Crippen molar-refractivity contribution in [2.45, 2.75) is 17.0 Å². The molecule has 0 saturated carbocycles. The van der Waals surface area contributed by atoms with Gasteiger partial charge in [-0.1, -0.05) is 30.0 Å². The first-order valence-corrected chi connectivity index (χ1v) is 6.83. The number of fused-ring (bicyclic) bond motifs is 1. The van der Waals surface area contributed by atoms with Crippen molar-refractivity contribution in [3.63, 3.8) is 0 Å². The summed E-state index contributed by atoms with van der Waals surface area (Å²) >= 11 is 1.53. The zero-order valence-corrected chi connectivity index (χ0v) is 10.5. The van der Waals surface area contributed by atoms with E-state index in [0.29, 0.717) is 6.54 Å². The summed E-state index contributed by atoms with van der Waals surface area (Å²) in [6.07, 6.45) is 0.854. The Morgan fingerprint density at radius 1 is 1.33 bits per heavy atom. The minimum atomic E-state index is -0.117. The molecular formula is C14H12N2OS. The lowest BCUT2D eigenvalue weighted by Crippen LogP contribution is -2.43. The van der Waals surface area contributed by atoms with Crippen molar-refractivity contribution in [3.05, 3.63) is 35.9 Å². The van der Waals surface area contributed by atoms with E-state index in [4.69, 9.17) is 0 Å². The van der Waals surface area contributed by atoms with Gasteiger partial charge in [0, 0.05) is 24.2 Å². The third kappa shape index (κ3) is 2.27. The van der Waals surface area contributed by atoms with Crippen LogP contribution in [0.15, 0.2) is 35.3 Å². The van der Waals surface area contributed by atoms with E-state index in [-0.39, 0.29) is 16.5 Å². The fraction of sp³-hybridized carbons (Fsp3) is 0.286. The first-order chi connectivity index (χ1) is 8.83. The Morgan fingerprint density at radius 2 is 2.17 bits per heavy atom. The molecule has 2 aliphatic heterocycles. The van der Waals surface area contributed by atoms with Gasteiger partial charge >= 0.3 is 0 Å². The van der Waals surface area contributed by atoms with E-state index < -0.39 is 0 Å². The topological polar surface area (TPSA) is 41.5 Å². The van der Waals surface area contributed by atoms with E-state index in [0.717, 1.165) is 17.7 Å². The molecule has 3 nitrogen and oxygen atoms in total. The lowest BCUT2D eigenvalue weighted by atomic mass is 10.1. The highest BCUT2D eigenvalue weighted by molar-refractivity contribution is 8.02. The molecule has 0 aliphatic carbocycles. The monoisotopic (exact) mass is 256 g/mol. The van der Waals surface area contributed by atoms with Crippen LogP contribution < -0.4 is 5.32 Å². The molecule has 2 unspecified atom stereocenters. The summed E-state index contributed by atoms with van der Waals surface area (Å²) in [4.78, 5) is 16.2. The number of hydrogen-bond acceptors (Lipinski definition) is 3. The number of piperidine rings is 1. The number of carbonyl (C=O) groups excluding carboxylic acids is 1. The molecule has 1 amide bonds. The lowest BCUT2D eigenvalue weighted by molar-refractivity contribution is -0.119. The molecule has 1 aromatic carbocycles. The Labute approximate surface area is 110 Å². The number of thioether (sulfide) groups is 1. The Hall–Kier alpha value is -1.73. The van der Waals surface area contributed by atoms with Gasteiger partial charge in [0.1, 0.15) is 5.25 Å². The highest BCUT2D eigenvalue weighted by Gasteiger charge is 2.35. The van der Waals surface area contributed by atoms with Gasteiger partial charge in [-0.2, -0.15) is 0 Å². The average molecular weight is 256 g/mol. The second-order valence-electron chi connectivity index (χ2n) is 4.17. The van der Waals surface area contributed by atoms with E-state index in [1.807, 2.05) is 30.3 Å². The maximum atomic E-state index is 11.6. The SMILES string of the molecule is O=C1NCCC2=NC(C#Cc3ccccc3)SC12. The molecule has 0 bridgehead atoms. The molecular weight excluding hydrogens is 244 g/mol. The van der Waals surface area contributed by atoms with E-state index in [1.54, 1.807) is 0 Å². The van der Waals surface area contributed by atoms with Gasteiger partial charge in [0.2, 0.25) is 5.91 Å². The smallest absolute Gasteiger partial charge is 0.239 e. The summed E-state index contributed by atoms with van der Waals surface area (Å²) in [6, 6.07) is 9.84. The van der Waals surface area contributed by atoms with Crippen molar-refractivity contribution < 1.29 is 4.79 Å². The molecule has 1 fully saturated rings. The van der Waals surface area contributed by atoms with Gasteiger partial charge in [0.05, 0.1) is 0 Å². The minimum absolute atomic E-state index is 0.0778. The third-order valence-corrected chi connectivity index (χ3v) is 4.12. The largest absolute Gasteiger partial charge is 0.354 e. The molecule has 2 heterocycles. The third-order valence-electron chi connectivity index (χ3n) is 2.88. The summed E-state index contributed by atoms with van der Waals surface area (Å²) in [5.41, 5.74) is 1.98. The van der Waals surface area contributed by atoms with Gasteiger partial charge in [0.25, 0.3) is 0 Å². The first-order valence-electron chi connectivity index (χ1n) is 5.89. The van der Waals surface area contributed by atoms with Crippen molar-refractivity contribution >= 4 is 23.4 Å². The first kappa shape index (κ1) is 11.4. The van der Waals surface area contributed by atoms with Gasteiger partial charge in [-0.25, -0.2) is 0 Å². The van der Waals surface area contributed by atoms with E-state index in [9.17, 15) is 4.79 Å². The summed E-state index contributed by atoms with van der Waals surface area (Å²) in [5, 5.41) is 2.64. The fourth-order valence-electron chi connectivity index (χ4n) is 2.00. The predicted octanol–water partition coefficient (Wildman–Crippen LogP) is 1.44. The van der Waals surface area contributed by atoms with Crippen LogP contribution in [0.25, 0.3) is 0 Å². The molecule has 0 aromatic heterocycles. The van der Waals surface area contributed by atoms with Crippen molar-refractivity contribution in [2.24, 2.45) is 4.99 Å². The van der Waals surface area contributed by atoms with Gasteiger partial charge in [-0.05, 0) is 12.1 Å². The summed E-state index contributed by atoms with van der Waals surface area (Å²) in [6.45, 7) is 0.702. The number of aliphatic imine (C=N–C) groups is 1. The Morgan fingerprint density at radius 3 is 2.94 bits per heavy atom. The van der Waals surface area contributed by atoms with Gasteiger partial charge in [0.15, 0.2) is 5.37 Å². The molecule has 3 rings (SSSR count). The van der Waals surface area contributed by atoms with Crippen LogP contribution in [-0.2, 0) is 4.79 Å². The van der Waals surface area contributed by atoms with Crippen LogP contribution >= 0.6 is 11.8 Å². The summed E-state index contributed by atoms with van der Waals surface area (Å²) < 4.78 is 0. The van der Waals surface area contributed by atoms with Crippen LogP contribution in [0.2, 0.25) is 0 Å². The van der Waals surface area contributed by atoms with Crippen LogP contribution in [0, 0.1) is 11.8 Å². The predicted molar refractivity (Wildman–Crippen MR) is 73.5 cm³/mol. The van der Waals surface area contributed by atoms with E-state index in [2.05, 4.69) is 22.2 Å². The number of amides is 1. The highest BCUT2D eigenvalue weighted by atomic mass is 32.2. The number of carbonyl (C=O) groups is 1. The molecule has 90 valence electrons. The highest BCUT2D eigenvalue weighted by Crippen LogP contribution is 2.30. The van der Waals surface area contributed by atoms with Crippen LogP contribution in [0.4, 0.5) is 0 Å². The Bertz CT molecular complexity index is 556. The Kier molecular flexibility index (Phi) is 3.07. The summed E-state index contributed by atoms with van der Waals surface area (Å²) in [7, 11) is 0. The molecule has 1 aromatic rings. The van der Waals surface area contributed by atoms with Crippen LogP contribution in [0.1, 0.15) is 12.0 Å². The van der Waals surface area contributed by atoms with Crippen molar-refractivity contribution in [2.75, 3.05) is 6.54 Å². The van der Waals surface area contributed by atoms with Crippen LogP contribution in [0.3, 0.4) is 0 Å². The molecule has 18 heavy (non-hydrogen) atoms. The molecule has 1 N–H and O–H groups in total. The van der Waals surface area contributed by atoms with Crippen molar-refractivity contribution in [1.29, 1.82) is 0 Å². The molecule has 0 radical (unpaired) electrons. The molecule has 2 aliphatic rings. The molecule has 1 saturated heterocycles. The van der Waals surface area contributed by atoms with Gasteiger partial charge < -0.3 is 5.32 Å². The fourth-order valence-corrected chi connectivity index (χ4v) is 3.13. The van der Waals surface area contributed by atoms with Crippen LogP contribution in [0.5, 0.6) is 0 Å². The van der Waals surface area contributed by atoms with Gasteiger partial charge in [-0.15, -0.1) is 11.8 Å². The van der Waals surface area contributed by atoms with Gasteiger partial charge in [-0.3, -0.25) is 9.79 Å². The lowest BCUT2D eigenvalue weighted by Gasteiger charge is -2.17. The Balaban J connectivity index is 1.75. The molecule has 4 heteroatoms. The zero-order chi connectivity index (χ0) is 12.4.